The van der Waals surface area contributed by atoms with Gasteiger partial charge in [-0.15, -0.1) is 0 Å². The zero-order valence-corrected chi connectivity index (χ0v) is 11.1. The summed E-state index contributed by atoms with van der Waals surface area (Å²) in [5.41, 5.74) is 4.78. The molecule has 18 heavy (non-hydrogen) atoms. The molecular weight excluding hydrogens is 220 g/mol. The number of rotatable bonds is 4. The van der Waals surface area contributed by atoms with Gasteiger partial charge in [0.05, 0.1) is 6.10 Å². The van der Waals surface area contributed by atoms with E-state index in [9.17, 15) is 5.11 Å². The predicted octanol–water partition coefficient (Wildman–Crippen LogP) is 4.36. The van der Waals surface area contributed by atoms with Gasteiger partial charge in [-0.1, -0.05) is 61.9 Å². The Hall–Kier alpha value is -1.60. The topological polar surface area (TPSA) is 20.2 Å². The number of aliphatic hydroxyl groups is 1. The molecule has 2 aromatic rings. The third-order valence-electron chi connectivity index (χ3n) is 3.22. The maximum atomic E-state index is 9.48. The van der Waals surface area contributed by atoms with E-state index in [-0.39, 0.29) is 0 Å². The van der Waals surface area contributed by atoms with E-state index in [2.05, 4.69) is 43.3 Å². The highest BCUT2D eigenvalue weighted by molar-refractivity contribution is 5.64. The van der Waals surface area contributed by atoms with Crippen molar-refractivity contribution in [1.82, 2.24) is 0 Å². The van der Waals surface area contributed by atoms with Gasteiger partial charge in [0.15, 0.2) is 0 Å². The van der Waals surface area contributed by atoms with Gasteiger partial charge in [0.2, 0.25) is 0 Å². The first kappa shape index (κ1) is 12.8. The van der Waals surface area contributed by atoms with Crippen molar-refractivity contribution in [2.75, 3.05) is 0 Å². The first-order valence-corrected chi connectivity index (χ1v) is 6.58. The molecule has 0 spiro atoms. The second-order valence-electron chi connectivity index (χ2n) is 4.74. The first-order valence-electron chi connectivity index (χ1n) is 6.58. The number of benzene rings is 2. The van der Waals surface area contributed by atoms with Crippen LogP contribution in [0.5, 0.6) is 0 Å². The van der Waals surface area contributed by atoms with Crippen molar-refractivity contribution in [2.45, 2.75) is 32.8 Å². The number of hydrogen-bond donors (Lipinski definition) is 1. The van der Waals surface area contributed by atoms with Crippen LogP contribution in [0.3, 0.4) is 0 Å². The van der Waals surface area contributed by atoms with Crippen LogP contribution in [0, 0.1) is 0 Å². The van der Waals surface area contributed by atoms with Gasteiger partial charge < -0.3 is 5.11 Å². The van der Waals surface area contributed by atoms with Crippen molar-refractivity contribution in [2.24, 2.45) is 0 Å². The quantitative estimate of drug-likeness (QED) is 0.842. The Bertz CT molecular complexity index is 480. The zero-order chi connectivity index (χ0) is 13.0. The molecule has 1 unspecified atom stereocenters. The van der Waals surface area contributed by atoms with Gasteiger partial charge in [-0.25, -0.2) is 0 Å². The van der Waals surface area contributed by atoms with Gasteiger partial charge in [-0.05, 0) is 35.6 Å². The SMILES string of the molecule is CCCc1ccc(-c2ccc(C(C)O)cc2)cc1. The highest BCUT2D eigenvalue weighted by atomic mass is 16.3. The molecule has 0 aliphatic heterocycles. The number of aryl methyl sites for hydroxylation is 1. The van der Waals surface area contributed by atoms with Gasteiger partial charge in [0.25, 0.3) is 0 Å². The summed E-state index contributed by atoms with van der Waals surface area (Å²) in [6.07, 6.45) is 1.93. The fraction of sp³-hybridized carbons (Fsp3) is 0.294. The summed E-state index contributed by atoms with van der Waals surface area (Å²) in [6.45, 7) is 3.98. The van der Waals surface area contributed by atoms with Crippen molar-refractivity contribution >= 4 is 0 Å². The molecule has 0 aliphatic rings. The second kappa shape index (κ2) is 5.83. The molecule has 0 saturated heterocycles. The molecule has 94 valence electrons. The normalized spacial score (nSPS) is 12.4. The molecule has 0 aliphatic carbocycles. The lowest BCUT2D eigenvalue weighted by Gasteiger charge is -2.07. The lowest BCUT2D eigenvalue weighted by molar-refractivity contribution is 0.199. The molecule has 0 radical (unpaired) electrons. The maximum Gasteiger partial charge on any atom is 0.0761 e. The largest absolute Gasteiger partial charge is 0.389 e. The molecule has 1 N–H and O–H groups in total. The molecule has 1 atom stereocenters. The van der Waals surface area contributed by atoms with Gasteiger partial charge >= 0.3 is 0 Å². The lowest BCUT2D eigenvalue weighted by Crippen LogP contribution is -1.90. The average Bonchev–Trinajstić information content (AvgIpc) is 2.40. The number of hydrogen-bond acceptors (Lipinski definition) is 1. The van der Waals surface area contributed by atoms with Crippen LogP contribution < -0.4 is 0 Å². The van der Waals surface area contributed by atoms with E-state index in [1.807, 2.05) is 12.1 Å². The van der Waals surface area contributed by atoms with Gasteiger partial charge in [-0.2, -0.15) is 0 Å². The van der Waals surface area contributed by atoms with Crippen molar-refractivity contribution in [3.8, 4) is 11.1 Å². The summed E-state index contributed by atoms with van der Waals surface area (Å²) < 4.78 is 0. The van der Waals surface area contributed by atoms with Crippen LogP contribution in [-0.2, 0) is 6.42 Å². The lowest BCUT2D eigenvalue weighted by atomic mass is 10.0. The third-order valence-corrected chi connectivity index (χ3v) is 3.22. The Labute approximate surface area is 109 Å². The molecule has 0 bridgehead atoms. The minimum atomic E-state index is -0.397. The predicted molar refractivity (Wildman–Crippen MR) is 76.5 cm³/mol. The van der Waals surface area contributed by atoms with Gasteiger partial charge in [-0.3, -0.25) is 0 Å². The molecule has 1 nitrogen and oxygen atoms in total. The number of aliphatic hydroxyl groups excluding tert-OH is 1. The van der Waals surface area contributed by atoms with E-state index in [0.29, 0.717) is 0 Å². The molecular formula is C17H20O. The highest BCUT2D eigenvalue weighted by Gasteiger charge is 2.02. The van der Waals surface area contributed by atoms with Gasteiger partial charge in [0.1, 0.15) is 0 Å². The fourth-order valence-corrected chi connectivity index (χ4v) is 2.11. The van der Waals surface area contributed by atoms with Crippen LogP contribution >= 0.6 is 0 Å². The summed E-state index contributed by atoms with van der Waals surface area (Å²) in [6, 6.07) is 16.8. The molecule has 2 aromatic carbocycles. The van der Waals surface area contributed by atoms with Crippen molar-refractivity contribution in [3.05, 3.63) is 59.7 Å². The van der Waals surface area contributed by atoms with Crippen LogP contribution in [0.1, 0.15) is 37.5 Å². The van der Waals surface area contributed by atoms with Crippen LogP contribution in [-0.4, -0.2) is 5.11 Å². The van der Waals surface area contributed by atoms with E-state index in [1.165, 1.54) is 23.1 Å². The van der Waals surface area contributed by atoms with Crippen molar-refractivity contribution in [1.29, 1.82) is 0 Å². The third kappa shape index (κ3) is 2.99. The summed E-state index contributed by atoms with van der Waals surface area (Å²) >= 11 is 0. The Morgan fingerprint density at radius 1 is 0.889 bits per heavy atom. The minimum Gasteiger partial charge on any atom is -0.389 e. The zero-order valence-electron chi connectivity index (χ0n) is 11.1. The Balaban J connectivity index is 2.20. The maximum absolute atomic E-state index is 9.48. The first-order chi connectivity index (χ1) is 8.70. The molecule has 0 heterocycles. The highest BCUT2D eigenvalue weighted by Crippen LogP contribution is 2.22. The summed E-state index contributed by atoms with van der Waals surface area (Å²) in [5.74, 6) is 0. The summed E-state index contributed by atoms with van der Waals surface area (Å²) in [4.78, 5) is 0. The van der Waals surface area contributed by atoms with Gasteiger partial charge in [0, 0.05) is 0 Å². The van der Waals surface area contributed by atoms with Crippen molar-refractivity contribution in [3.63, 3.8) is 0 Å². The van der Waals surface area contributed by atoms with Crippen LogP contribution in [0.4, 0.5) is 0 Å². The average molecular weight is 240 g/mol. The Morgan fingerprint density at radius 2 is 1.39 bits per heavy atom. The molecule has 0 saturated carbocycles. The molecule has 0 fully saturated rings. The Morgan fingerprint density at radius 3 is 1.83 bits per heavy atom. The van der Waals surface area contributed by atoms with Crippen LogP contribution in [0.15, 0.2) is 48.5 Å². The van der Waals surface area contributed by atoms with Crippen LogP contribution in [0.25, 0.3) is 11.1 Å². The standard InChI is InChI=1S/C17H20O/c1-3-4-14-5-7-16(8-6-14)17-11-9-15(10-12-17)13(2)18/h5-13,18H,3-4H2,1-2H3. The Kier molecular flexibility index (Phi) is 4.16. The van der Waals surface area contributed by atoms with Crippen molar-refractivity contribution < 1.29 is 5.11 Å². The second-order valence-corrected chi connectivity index (χ2v) is 4.74. The van der Waals surface area contributed by atoms with E-state index in [1.54, 1.807) is 6.92 Å². The smallest absolute Gasteiger partial charge is 0.0761 e. The molecule has 1 heteroatoms. The van der Waals surface area contributed by atoms with E-state index >= 15 is 0 Å². The molecule has 2 rings (SSSR count). The minimum absolute atomic E-state index is 0.397. The monoisotopic (exact) mass is 240 g/mol. The molecule has 0 amide bonds. The van der Waals surface area contributed by atoms with E-state index in [4.69, 9.17) is 0 Å². The summed E-state index contributed by atoms with van der Waals surface area (Å²) in [7, 11) is 0. The van der Waals surface area contributed by atoms with E-state index < -0.39 is 6.10 Å². The fourth-order valence-electron chi connectivity index (χ4n) is 2.11. The molecule has 0 aromatic heterocycles. The van der Waals surface area contributed by atoms with E-state index in [0.717, 1.165) is 12.0 Å². The summed E-state index contributed by atoms with van der Waals surface area (Å²) in [5, 5.41) is 9.48. The van der Waals surface area contributed by atoms with Crippen LogP contribution in [0.2, 0.25) is 0 Å².